The van der Waals surface area contributed by atoms with Gasteiger partial charge in [-0.2, -0.15) is 0 Å². The minimum atomic E-state index is -1.29. The summed E-state index contributed by atoms with van der Waals surface area (Å²) in [6.45, 7) is 6.75. The van der Waals surface area contributed by atoms with Gasteiger partial charge in [-0.15, -0.1) is 17.1 Å². The van der Waals surface area contributed by atoms with Gasteiger partial charge in [0.25, 0.3) is 0 Å². The first-order valence-corrected chi connectivity index (χ1v) is 11.1. The van der Waals surface area contributed by atoms with Crippen LogP contribution in [0.2, 0.25) is 19.6 Å². The third kappa shape index (κ3) is 5.43. The summed E-state index contributed by atoms with van der Waals surface area (Å²) in [7, 11) is -1.29. The molecule has 0 aliphatic carbocycles. The van der Waals surface area contributed by atoms with Crippen LogP contribution in [0.15, 0.2) is 30.3 Å². The Bertz CT molecular complexity index is 472. The molecule has 0 aliphatic heterocycles. The van der Waals surface area contributed by atoms with Crippen molar-refractivity contribution in [3.05, 3.63) is 41.5 Å². The van der Waals surface area contributed by atoms with Crippen LogP contribution in [-0.2, 0) is 0 Å². The van der Waals surface area contributed by atoms with Gasteiger partial charge in [-0.3, -0.25) is 0 Å². The molecule has 0 saturated heterocycles. The van der Waals surface area contributed by atoms with E-state index in [0.29, 0.717) is 5.88 Å². The zero-order valence-corrected chi connectivity index (χ0v) is 14.4. The summed E-state index contributed by atoms with van der Waals surface area (Å²) in [5.41, 5.74) is 6.87. The monoisotopic (exact) mass is 340 g/mol. The van der Waals surface area contributed by atoms with Crippen LogP contribution in [0.4, 0.5) is 0 Å². The molecule has 1 aromatic carbocycles. The van der Waals surface area contributed by atoms with Gasteiger partial charge in [0.15, 0.2) is 0 Å². The molecule has 3 heteroatoms. The standard InChI is InChI=1S/C15H18BrClSi/c1-18(2,3)11-9-13-4-6-14(7-5-13)15(12-16)8-10-17/h4-8H,10,12H2,1-3H3/b15-8+. The summed E-state index contributed by atoms with van der Waals surface area (Å²) in [6.07, 6.45) is 2.03. The molecule has 0 saturated carbocycles. The maximum Gasteiger partial charge on any atom is 0.129 e. The van der Waals surface area contributed by atoms with E-state index in [1.807, 2.05) is 6.08 Å². The Morgan fingerprint density at radius 1 is 1.28 bits per heavy atom. The van der Waals surface area contributed by atoms with Crippen LogP contribution in [0, 0.1) is 11.5 Å². The van der Waals surface area contributed by atoms with E-state index in [1.54, 1.807) is 0 Å². The fourth-order valence-corrected chi connectivity index (χ4v) is 2.63. The third-order valence-corrected chi connectivity index (χ3v) is 3.94. The fourth-order valence-electron chi connectivity index (χ4n) is 1.37. The molecule has 0 amide bonds. The van der Waals surface area contributed by atoms with E-state index in [4.69, 9.17) is 11.6 Å². The number of halogens is 2. The topological polar surface area (TPSA) is 0 Å². The summed E-state index contributed by atoms with van der Waals surface area (Å²) < 4.78 is 0. The van der Waals surface area contributed by atoms with E-state index < -0.39 is 8.07 Å². The van der Waals surface area contributed by atoms with Gasteiger partial charge in [0.2, 0.25) is 0 Å². The van der Waals surface area contributed by atoms with Crippen molar-refractivity contribution >= 4 is 41.2 Å². The zero-order valence-electron chi connectivity index (χ0n) is 11.1. The molecule has 0 bridgehead atoms. The molecule has 0 unspecified atom stereocenters. The van der Waals surface area contributed by atoms with Crippen molar-refractivity contribution in [3.63, 3.8) is 0 Å². The van der Waals surface area contributed by atoms with E-state index in [2.05, 4.69) is 71.3 Å². The van der Waals surface area contributed by atoms with Gasteiger partial charge in [-0.1, -0.05) is 59.7 Å². The lowest BCUT2D eigenvalue weighted by atomic mass is 10.1. The van der Waals surface area contributed by atoms with Crippen LogP contribution in [0.5, 0.6) is 0 Å². The highest BCUT2D eigenvalue weighted by Gasteiger charge is 2.07. The number of rotatable bonds is 3. The van der Waals surface area contributed by atoms with Gasteiger partial charge < -0.3 is 0 Å². The van der Waals surface area contributed by atoms with Crippen LogP contribution in [0.1, 0.15) is 11.1 Å². The van der Waals surface area contributed by atoms with Gasteiger partial charge >= 0.3 is 0 Å². The Labute approximate surface area is 125 Å². The van der Waals surface area contributed by atoms with Crippen molar-refractivity contribution < 1.29 is 0 Å². The Hall–Kier alpha value is -0.493. The molecule has 1 aromatic rings. The molecule has 0 N–H and O–H groups in total. The first kappa shape index (κ1) is 15.6. The molecular formula is C15H18BrClSi. The molecule has 0 nitrogen and oxygen atoms in total. The van der Waals surface area contributed by atoms with Gasteiger partial charge in [0.05, 0.1) is 0 Å². The quantitative estimate of drug-likeness (QED) is 0.415. The first-order chi connectivity index (χ1) is 8.46. The van der Waals surface area contributed by atoms with E-state index >= 15 is 0 Å². The summed E-state index contributed by atoms with van der Waals surface area (Å²) >= 11 is 9.22. The first-order valence-electron chi connectivity index (χ1n) is 5.91. The molecule has 0 aromatic heterocycles. The van der Waals surface area contributed by atoms with E-state index in [0.717, 1.165) is 10.9 Å². The summed E-state index contributed by atoms with van der Waals surface area (Å²) in [6, 6.07) is 8.36. The van der Waals surface area contributed by atoms with E-state index in [-0.39, 0.29) is 0 Å². The molecule has 0 aliphatic rings. The predicted octanol–water partition coefficient (Wildman–Crippen LogP) is 4.93. The highest BCUT2D eigenvalue weighted by atomic mass is 79.9. The highest BCUT2D eigenvalue weighted by Crippen LogP contribution is 2.17. The van der Waals surface area contributed by atoms with Crippen LogP contribution in [0.3, 0.4) is 0 Å². The van der Waals surface area contributed by atoms with E-state index in [9.17, 15) is 0 Å². The molecule has 18 heavy (non-hydrogen) atoms. The van der Waals surface area contributed by atoms with Gasteiger partial charge in [0, 0.05) is 16.8 Å². The second kappa shape index (κ2) is 7.18. The Morgan fingerprint density at radius 2 is 1.89 bits per heavy atom. The molecule has 0 heterocycles. The molecule has 0 fully saturated rings. The summed E-state index contributed by atoms with van der Waals surface area (Å²) in [5, 5.41) is 0.819. The second-order valence-electron chi connectivity index (χ2n) is 5.09. The minimum Gasteiger partial charge on any atom is -0.127 e. The van der Waals surface area contributed by atoms with Crippen molar-refractivity contribution in [2.45, 2.75) is 19.6 Å². The third-order valence-electron chi connectivity index (χ3n) is 2.31. The largest absolute Gasteiger partial charge is 0.129 e. The van der Waals surface area contributed by atoms with Crippen LogP contribution in [0.25, 0.3) is 5.57 Å². The molecular weight excluding hydrogens is 324 g/mol. The Kier molecular flexibility index (Phi) is 6.21. The van der Waals surface area contributed by atoms with Gasteiger partial charge in [0.1, 0.15) is 8.07 Å². The Balaban J connectivity index is 2.92. The number of hydrogen-bond donors (Lipinski definition) is 0. The summed E-state index contributed by atoms with van der Waals surface area (Å²) in [4.78, 5) is 0. The van der Waals surface area contributed by atoms with Crippen molar-refractivity contribution in [3.8, 4) is 11.5 Å². The number of benzene rings is 1. The Morgan fingerprint density at radius 3 is 2.33 bits per heavy atom. The normalized spacial score (nSPS) is 11.9. The lowest BCUT2D eigenvalue weighted by molar-refractivity contribution is 1.54. The molecule has 96 valence electrons. The molecule has 0 atom stereocenters. The van der Waals surface area contributed by atoms with Crippen molar-refractivity contribution in [2.75, 3.05) is 11.2 Å². The molecule has 1 rings (SSSR count). The number of hydrogen-bond acceptors (Lipinski definition) is 0. The average Bonchev–Trinajstić information content (AvgIpc) is 2.33. The maximum absolute atomic E-state index is 5.74. The molecule has 0 spiro atoms. The fraction of sp³-hybridized carbons (Fsp3) is 0.333. The SMILES string of the molecule is C[Si](C)(C)C#Cc1ccc(/C(=C/CCl)CBr)cc1. The van der Waals surface area contributed by atoms with Gasteiger partial charge in [-0.05, 0) is 23.3 Å². The molecule has 0 radical (unpaired) electrons. The van der Waals surface area contributed by atoms with Crippen molar-refractivity contribution in [1.29, 1.82) is 0 Å². The van der Waals surface area contributed by atoms with Crippen LogP contribution in [-0.4, -0.2) is 19.3 Å². The van der Waals surface area contributed by atoms with Crippen LogP contribution < -0.4 is 0 Å². The van der Waals surface area contributed by atoms with E-state index in [1.165, 1.54) is 11.1 Å². The number of allylic oxidation sites excluding steroid dienone is 2. The zero-order chi connectivity index (χ0) is 13.6. The van der Waals surface area contributed by atoms with Crippen molar-refractivity contribution in [2.24, 2.45) is 0 Å². The van der Waals surface area contributed by atoms with Gasteiger partial charge in [-0.25, -0.2) is 0 Å². The summed E-state index contributed by atoms with van der Waals surface area (Å²) in [5.74, 6) is 3.80. The number of alkyl halides is 2. The maximum atomic E-state index is 5.74. The lowest BCUT2D eigenvalue weighted by Gasteiger charge is -2.05. The lowest BCUT2D eigenvalue weighted by Crippen LogP contribution is -2.16. The highest BCUT2D eigenvalue weighted by molar-refractivity contribution is 9.09. The second-order valence-corrected chi connectivity index (χ2v) is 10.7. The van der Waals surface area contributed by atoms with Crippen molar-refractivity contribution in [1.82, 2.24) is 0 Å². The predicted molar refractivity (Wildman–Crippen MR) is 89.2 cm³/mol. The average molecular weight is 342 g/mol. The van der Waals surface area contributed by atoms with Crippen LogP contribution >= 0.6 is 27.5 Å². The minimum absolute atomic E-state index is 0.540. The smallest absolute Gasteiger partial charge is 0.127 e.